The maximum absolute atomic E-state index is 6.08. The molecule has 0 saturated carbocycles. The van der Waals surface area contributed by atoms with Crippen LogP contribution in [0.2, 0.25) is 0 Å². The molecule has 6 nitrogen and oxygen atoms in total. The van der Waals surface area contributed by atoms with Crippen molar-refractivity contribution < 1.29 is 4.74 Å². The Bertz CT molecular complexity index is 1830. The molecule has 288 valence electrons. The Kier molecular flexibility index (Phi) is 15.2. The van der Waals surface area contributed by atoms with E-state index in [2.05, 4.69) is 158 Å². The Morgan fingerprint density at radius 1 is 0.600 bits per heavy atom. The van der Waals surface area contributed by atoms with Crippen LogP contribution in [0.3, 0.4) is 0 Å². The molecule has 1 aliphatic heterocycles. The summed E-state index contributed by atoms with van der Waals surface area (Å²) in [5.74, 6) is 1.89. The molecule has 1 aliphatic rings. The molecule has 55 heavy (non-hydrogen) atoms. The van der Waals surface area contributed by atoms with Gasteiger partial charge >= 0.3 is 210 Å². The zero-order chi connectivity index (χ0) is 38.0. The van der Waals surface area contributed by atoms with Gasteiger partial charge in [0.05, 0.1) is 0 Å². The Labute approximate surface area is 341 Å². The van der Waals surface area contributed by atoms with Crippen molar-refractivity contribution in [2.45, 2.75) is 76.8 Å². The second-order valence-corrected chi connectivity index (χ2v) is 25.3. The van der Waals surface area contributed by atoms with Crippen LogP contribution in [0, 0.1) is 0 Å². The average Bonchev–Trinajstić information content (AvgIpc) is 3.24. The van der Waals surface area contributed by atoms with E-state index in [0.29, 0.717) is 18.5 Å². The zero-order valence-corrected chi connectivity index (χ0v) is 35.1. The van der Waals surface area contributed by atoms with E-state index in [4.69, 9.17) is 10.5 Å². The minimum absolute atomic E-state index is 0.283. The van der Waals surface area contributed by atoms with E-state index in [0.717, 1.165) is 30.8 Å². The third-order valence-corrected chi connectivity index (χ3v) is 22.4. The van der Waals surface area contributed by atoms with Gasteiger partial charge in [-0.2, -0.15) is 0 Å². The number of hydrogen-bond acceptors (Lipinski definition) is 4. The first-order chi connectivity index (χ1) is 27.0. The van der Waals surface area contributed by atoms with Crippen molar-refractivity contribution in [2.75, 3.05) is 19.3 Å². The van der Waals surface area contributed by atoms with E-state index >= 15 is 0 Å². The average molecular weight is 866 g/mol. The summed E-state index contributed by atoms with van der Waals surface area (Å²) in [6.07, 6.45) is 14.5. The monoisotopic (exact) mass is 865 g/mol. The Balaban J connectivity index is 0.856. The largest absolute Gasteiger partial charge is 0.330 e. The normalized spacial score (nSPS) is 15.7. The molecule has 0 amide bonds. The predicted molar refractivity (Wildman–Crippen MR) is 245 cm³/mol. The SMILES string of the molecule is NC1=NC(c2ccc(OCCCCCCCCCCCCP(I)(c3ccccc3)(c3ccccc3)c3ccccc3)cc2)NC(=NCCc2ccccc2)N1. The van der Waals surface area contributed by atoms with Crippen LogP contribution in [0.1, 0.15) is 81.5 Å². The molecule has 6 rings (SSSR count). The standard InChI is InChI=1S/C47H57IN5OP/c48-55(42-25-15-10-16-26-42,43-27-17-11-18-28-43,44-29-19-12-20-30-44)38-22-8-6-4-2-1-3-5-7-21-37-54-41-33-31-40(32-34-41)45-51-46(49)53-47(52-45)50-36-35-39-23-13-9-14-24-39/h9-20,23-34,45H,1-8,21-22,35-38H2,(H4,49,50,51,52,53). The number of aliphatic imine (C=N–C) groups is 2. The van der Waals surface area contributed by atoms with Crippen molar-refractivity contribution in [1.29, 1.82) is 0 Å². The Morgan fingerprint density at radius 3 is 1.60 bits per heavy atom. The van der Waals surface area contributed by atoms with Crippen molar-refractivity contribution in [3.63, 3.8) is 0 Å². The van der Waals surface area contributed by atoms with E-state index in [-0.39, 0.29) is 6.17 Å². The molecule has 0 radical (unpaired) electrons. The van der Waals surface area contributed by atoms with Gasteiger partial charge in [-0.1, -0.05) is 42.5 Å². The van der Waals surface area contributed by atoms with Gasteiger partial charge < -0.3 is 15.8 Å². The van der Waals surface area contributed by atoms with E-state index in [1.54, 1.807) is 0 Å². The summed E-state index contributed by atoms with van der Waals surface area (Å²) in [6, 6.07) is 52.4. The summed E-state index contributed by atoms with van der Waals surface area (Å²) >= 11 is 2.92. The maximum atomic E-state index is 6.08. The van der Waals surface area contributed by atoms with Gasteiger partial charge in [0.1, 0.15) is 5.75 Å². The molecule has 0 spiro atoms. The van der Waals surface area contributed by atoms with Crippen LogP contribution in [0.5, 0.6) is 5.75 Å². The summed E-state index contributed by atoms with van der Waals surface area (Å²) in [7, 11) is 0. The fraction of sp³-hybridized carbons (Fsp3) is 0.319. The number of rotatable bonds is 21. The van der Waals surface area contributed by atoms with Gasteiger partial charge in [0, 0.05) is 6.54 Å². The van der Waals surface area contributed by atoms with Crippen molar-refractivity contribution in [2.24, 2.45) is 15.7 Å². The smallest absolute Gasteiger partial charge is 0.200 e. The number of hydrogen-bond donors (Lipinski definition) is 3. The maximum Gasteiger partial charge on any atom is 0.200 e. The summed E-state index contributed by atoms with van der Waals surface area (Å²) in [5.41, 5.74) is 8.36. The fourth-order valence-corrected chi connectivity index (χ4v) is 16.4. The molecule has 8 heteroatoms. The molecule has 0 aliphatic carbocycles. The molecule has 5 aromatic carbocycles. The van der Waals surface area contributed by atoms with E-state index in [1.807, 2.05) is 30.3 Å². The van der Waals surface area contributed by atoms with Gasteiger partial charge in [0.15, 0.2) is 18.1 Å². The number of unbranched alkanes of at least 4 members (excludes halogenated alkanes) is 9. The number of halogens is 1. The molecule has 0 aromatic heterocycles. The zero-order valence-electron chi connectivity index (χ0n) is 32.0. The second kappa shape index (κ2) is 20.6. The van der Waals surface area contributed by atoms with Gasteiger partial charge in [0.2, 0.25) is 0 Å². The number of ether oxygens (including phenoxy) is 1. The minimum Gasteiger partial charge on any atom is -0.330 e. The van der Waals surface area contributed by atoms with Crippen LogP contribution in [0.25, 0.3) is 0 Å². The van der Waals surface area contributed by atoms with E-state index in [1.165, 1.54) is 85.4 Å². The van der Waals surface area contributed by atoms with E-state index in [9.17, 15) is 0 Å². The van der Waals surface area contributed by atoms with Crippen LogP contribution in [-0.2, 0) is 6.42 Å². The Hall–Kier alpha value is -4.20. The van der Waals surface area contributed by atoms with Crippen LogP contribution in [-0.4, -0.2) is 31.2 Å². The summed E-state index contributed by atoms with van der Waals surface area (Å²) in [4.78, 5) is 9.19. The number of nitrogens with zero attached hydrogens (tertiary/aromatic N) is 2. The molecule has 0 bridgehead atoms. The minimum atomic E-state index is -2.64. The van der Waals surface area contributed by atoms with Gasteiger partial charge in [0.25, 0.3) is 0 Å². The quantitative estimate of drug-likeness (QED) is 0.0390. The van der Waals surface area contributed by atoms with Gasteiger partial charge in [-0.05, 0) is 29.7 Å². The van der Waals surface area contributed by atoms with Crippen molar-refractivity contribution >= 4 is 54.1 Å². The third kappa shape index (κ3) is 11.0. The topological polar surface area (TPSA) is 84.0 Å². The molecular formula is C47H57IN5OP. The summed E-state index contributed by atoms with van der Waals surface area (Å²) in [6.45, 7) is 1.40. The van der Waals surface area contributed by atoms with Gasteiger partial charge in [-0.3, -0.25) is 10.3 Å². The molecular weight excluding hydrogens is 808 g/mol. The van der Waals surface area contributed by atoms with Crippen LogP contribution >= 0.6 is 26.3 Å². The van der Waals surface area contributed by atoms with Crippen LogP contribution < -0.4 is 37.0 Å². The van der Waals surface area contributed by atoms with Crippen LogP contribution in [0.15, 0.2) is 156 Å². The Morgan fingerprint density at radius 2 is 1.07 bits per heavy atom. The number of guanidine groups is 2. The number of nitrogens with one attached hydrogen (secondary N) is 2. The summed E-state index contributed by atoms with van der Waals surface area (Å²) < 4.78 is 3.43. The third-order valence-electron chi connectivity index (χ3n) is 10.6. The first-order valence-electron chi connectivity index (χ1n) is 20.1. The molecule has 5 aromatic rings. The molecule has 0 fully saturated rings. The molecule has 4 N–H and O–H groups in total. The first kappa shape index (κ1) is 40.5. The van der Waals surface area contributed by atoms with Crippen molar-refractivity contribution in [1.82, 2.24) is 10.6 Å². The molecule has 1 unspecified atom stereocenters. The number of benzene rings is 5. The van der Waals surface area contributed by atoms with Gasteiger partial charge in [-0.15, -0.1) is 0 Å². The molecule has 1 heterocycles. The van der Waals surface area contributed by atoms with Crippen molar-refractivity contribution in [3.05, 3.63) is 157 Å². The molecule has 1 atom stereocenters. The first-order valence-corrected chi connectivity index (χ1v) is 25.3. The van der Waals surface area contributed by atoms with Crippen LogP contribution in [0.4, 0.5) is 0 Å². The second-order valence-electron chi connectivity index (χ2n) is 14.5. The van der Waals surface area contributed by atoms with E-state index < -0.39 is 4.25 Å². The predicted octanol–water partition coefficient (Wildman–Crippen LogP) is 9.95. The fourth-order valence-electron chi connectivity index (χ4n) is 7.59. The summed E-state index contributed by atoms with van der Waals surface area (Å²) in [5, 5.41) is 10.8. The number of nitrogens with two attached hydrogens (primary N) is 1. The van der Waals surface area contributed by atoms with Gasteiger partial charge in [-0.25, -0.2) is 4.99 Å². The van der Waals surface area contributed by atoms with Crippen molar-refractivity contribution in [3.8, 4) is 5.75 Å². The molecule has 0 saturated heterocycles.